The van der Waals surface area contributed by atoms with Gasteiger partial charge in [0.15, 0.2) is 0 Å². The fourth-order valence-electron chi connectivity index (χ4n) is 1.84. The summed E-state index contributed by atoms with van der Waals surface area (Å²) in [6.45, 7) is 4.27. The topological polar surface area (TPSA) is 81.8 Å². The number of amides is 1. The van der Waals surface area contributed by atoms with E-state index in [4.69, 9.17) is 15.2 Å². The standard InChI is InChI=1S/C15H23NO4/c1-10(14(17)11(2)15(16)18)8-20-9-12-4-6-13(19-3)7-5-12/h4-7,10-11,14,17H,8-9H2,1-3H3,(H2,16,18)/t10?,11?,14-/m0/s1. The van der Waals surface area contributed by atoms with Crippen LogP contribution in [0.5, 0.6) is 5.75 Å². The first-order chi connectivity index (χ1) is 9.45. The zero-order valence-electron chi connectivity index (χ0n) is 12.2. The molecule has 112 valence electrons. The molecule has 1 rings (SSSR count). The molecule has 0 saturated carbocycles. The van der Waals surface area contributed by atoms with Gasteiger partial charge in [0.2, 0.25) is 5.91 Å². The molecule has 20 heavy (non-hydrogen) atoms. The highest BCUT2D eigenvalue weighted by atomic mass is 16.5. The first-order valence-corrected chi connectivity index (χ1v) is 6.63. The van der Waals surface area contributed by atoms with Crippen molar-refractivity contribution in [3.05, 3.63) is 29.8 Å². The molecule has 0 aliphatic carbocycles. The summed E-state index contributed by atoms with van der Waals surface area (Å²) in [5.74, 6) is -0.433. The molecule has 0 bridgehead atoms. The van der Waals surface area contributed by atoms with Crippen molar-refractivity contribution in [1.82, 2.24) is 0 Å². The van der Waals surface area contributed by atoms with E-state index in [-0.39, 0.29) is 5.92 Å². The molecule has 3 atom stereocenters. The number of aliphatic hydroxyl groups is 1. The predicted octanol–water partition coefficient (Wildman–Crippen LogP) is 1.33. The number of benzene rings is 1. The van der Waals surface area contributed by atoms with Gasteiger partial charge in [-0.2, -0.15) is 0 Å². The summed E-state index contributed by atoms with van der Waals surface area (Å²) in [5.41, 5.74) is 6.19. The largest absolute Gasteiger partial charge is 0.497 e. The third kappa shape index (κ3) is 4.83. The zero-order chi connectivity index (χ0) is 15.1. The summed E-state index contributed by atoms with van der Waals surface area (Å²) in [4.78, 5) is 11.0. The number of nitrogens with two attached hydrogens (primary N) is 1. The van der Waals surface area contributed by atoms with Crippen LogP contribution in [0.15, 0.2) is 24.3 Å². The molecule has 0 heterocycles. The van der Waals surface area contributed by atoms with E-state index < -0.39 is 17.9 Å². The lowest BCUT2D eigenvalue weighted by Gasteiger charge is -2.22. The summed E-state index contributed by atoms with van der Waals surface area (Å²) < 4.78 is 10.6. The molecule has 0 aromatic heterocycles. The third-order valence-electron chi connectivity index (χ3n) is 3.35. The number of carbonyl (C=O) groups is 1. The Hall–Kier alpha value is -1.59. The molecule has 1 aromatic rings. The van der Waals surface area contributed by atoms with Gasteiger partial charge >= 0.3 is 0 Å². The van der Waals surface area contributed by atoms with Gasteiger partial charge in [-0.15, -0.1) is 0 Å². The maximum Gasteiger partial charge on any atom is 0.222 e. The van der Waals surface area contributed by atoms with Crippen LogP contribution in [0.25, 0.3) is 0 Å². The molecule has 0 spiro atoms. The smallest absolute Gasteiger partial charge is 0.222 e. The van der Waals surface area contributed by atoms with Crippen LogP contribution in [0, 0.1) is 11.8 Å². The van der Waals surface area contributed by atoms with Crippen molar-refractivity contribution < 1.29 is 19.4 Å². The fraction of sp³-hybridized carbons (Fsp3) is 0.533. The lowest BCUT2D eigenvalue weighted by molar-refractivity contribution is -0.126. The van der Waals surface area contributed by atoms with E-state index in [2.05, 4.69) is 0 Å². The molecule has 3 N–H and O–H groups in total. The molecule has 0 aliphatic rings. The molecule has 0 saturated heterocycles. The van der Waals surface area contributed by atoms with Gasteiger partial charge in [-0.1, -0.05) is 26.0 Å². The van der Waals surface area contributed by atoms with Crippen molar-refractivity contribution >= 4 is 5.91 Å². The monoisotopic (exact) mass is 281 g/mol. The van der Waals surface area contributed by atoms with Gasteiger partial charge in [-0.3, -0.25) is 4.79 Å². The van der Waals surface area contributed by atoms with Gasteiger partial charge in [-0.05, 0) is 17.7 Å². The lowest BCUT2D eigenvalue weighted by Crippen LogP contribution is -2.36. The number of hydrogen-bond acceptors (Lipinski definition) is 4. The van der Waals surface area contributed by atoms with E-state index in [0.29, 0.717) is 13.2 Å². The van der Waals surface area contributed by atoms with Crippen LogP contribution in [-0.2, 0) is 16.1 Å². The lowest BCUT2D eigenvalue weighted by atomic mass is 9.93. The number of hydrogen-bond donors (Lipinski definition) is 2. The highest BCUT2D eigenvalue weighted by Gasteiger charge is 2.25. The van der Waals surface area contributed by atoms with Crippen LogP contribution in [0.2, 0.25) is 0 Å². The number of carbonyl (C=O) groups excluding carboxylic acids is 1. The molecule has 2 unspecified atom stereocenters. The summed E-state index contributed by atoms with van der Waals surface area (Å²) in [5, 5.41) is 9.92. The summed E-state index contributed by atoms with van der Waals surface area (Å²) in [6, 6.07) is 7.58. The number of aliphatic hydroxyl groups excluding tert-OH is 1. The van der Waals surface area contributed by atoms with Gasteiger partial charge in [-0.25, -0.2) is 0 Å². The second kappa shape index (κ2) is 7.87. The molecule has 1 aromatic carbocycles. The van der Waals surface area contributed by atoms with Gasteiger partial charge in [0.05, 0.1) is 32.3 Å². The first-order valence-electron chi connectivity index (χ1n) is 6.63. The molecule has 0 radical (unpaired) electrons. The summed E-state index contributed by atoms with van der Waals surface area (Å²) in [7, 11) is 1.62. The molecule has 5 nitrogen and oxygen atoms in total. The Bertz CT molecular complexity index is 418. The van der Waals surface area contributed by atoms with E-state index in [1.165, 1.54) is 0 Å². The minimum Gasteiger partial charge on any atom is -0.497 e. The van der Waals surface area contributed by atoms with Crippen molar-refractivity contribution in [1.29, 1.82) is 0 Å². The van der Waals surface area contributed by atoms with Crippen LogP contribution in [0.3, 0.4) is 0 Å². The Morgan fingerprint density at radius 2 is 1.90 bits per heavy atom. The molecular weight excluding hydrogens is 258 g/mol. The first kappa shape index (κ1) is 16.5. The average molecular weight is 281 g/mol. The Balaban J connectivity index is 2.37. The second-order valence-corrected chi connectivity index (χ2v) is 5.02. The maximum atomic E-state index is 11.0. The van der Waals surface area contributed by atoms with E-state index in [9.17, 15) is 9.90 Å². The molecular formula is C15H23NO4. The number of ether oxygens (including phenoxy) is 2. The third-order valence-corrected chi connectivity index (χ3v) is 3.35. The Morgan fingerprint density at radius 3 is 2.40 bits per heavy atom. The van der Waals surface area contributed by atoms with Crippen molar-refractivity contribution in [2.24, 2.45) is 17.6 Å². The highest BCUT2D eigenvalue weighted by Crippen LogP contribution is 2.15. The molecule has 5 heteroatoms. The number of primary amides is 1. The van der Waals surface area contributed by atoms with E-state index >= 15 is 0 Å². The van der Waals surface area contributed by atoms with Crippen molar-refractivity contribution in [3.63, 3.8) is 0 Å². The van der Waals surface area contributed by atoms with Crippen molar-refractivity contribution in [2.75, 3.05) is 13.7 Å². The highest BCUT2D eigenvalue weighted by molar-refractivity contribution is 5.76. The maximum absolute atomic E-state index is 11.0. The van der Waals surface area contributed by atoms with Gasteiger partial charge < -0.3 is 20.3 Å². The van der Waals surface area contributed by atoms with Crippen LogP contribution in [-0.4, -0.2) is 30.8 Å². The second-order valence-electron chi connectivity index (χ2n) is 5.02. The number of methoxy groups -OCH3 is 1. The quantitative estimate of drug-likeness (QED) is 0.753. The normalized spacial score (nSPS) is 15.4. The minimum absolute atomic E-state index is 0.157. The molecule has 1 amide bonds. The van der Waals surface area contributed by atoms with Crippen molar-refractivity contribution in [3.8, 4) is 5.75 Å². The van der Waals surface area contributed by atoms with E-state index in [0.717, 1.165) is 11.3 Å². The van der Waals surface area contributed by atoms with E-state index in [1.54, 1.807) is 14.0 Å². The Morgan fingerprint density at radius 1 is 1.30 bits per heavy atom. The average Bonchev–Trinajstić information content (AvgIpc) is 2.46. The fourth-order valence-corrected chi connectivity index (χ4v) is 1.84. The van der Waals surface area contributed by atoms with Crippen LogP contribution < -0.4 is 10.5 Å². The van der Waals surface area contributed by atoms with Crippen molar-refractivity contribution in [2.45, 2.75) is 26.6 Å². The zero-order valence-corrected chi connectivity index (χ0v) is 12.2. The number of rotatable bonds is 8. The van der Waals surface area contributed by atoms with Gasteiger partial charge in [0.25, 0.3) is 0 Å². The summed E-state index contributed by atoms with van der Waals surface area (Å²) in [6.07, 6.45) is -0.789. The van der Waals surface area contributed by atoms with Crippen LogP contribution >= 0.6 is 0 Å². The van der Waals surface area contributed by atoms with Crippen LogP contribution in [0.1, 0.15) is 19.4 Å². The minimum atomic E-state index is -0.789. The molecule has 0 aliphatic heterocycles. The Kier molecular flexibility index (Phi) is 6.48. The van der Waals surface area contributed by atoms with Gasteiger partial charge in [0.1, 0.15) is 5.75 Å². The van der Waals surface area contributed by atoms with Crippen LogP contribution in [0.4, 0.5) is 0 Å². The van der Waals surface area contributed by atoms with E-state index in [1.807, 2.05) is 31.2 Å². The molecule has 0 fully saturated rings. The summed E-state index contributed by atoms with van der Waals surface area (Å²) >= 11 is 0. The Labute approximate surface area is 119 Å². The predicted molar refractivity (Wildman–Crippen MR) is 76.2 cm³/mol. The SMILES string of the molecule is COc1ccc(COCC(C)[C@H](O)C(C)C(N)=O)cc1. The van der Waals surface area contributed by atoms with Gasteiger partial charge in [0, 0.05) is 5.92 Å².